The van der Waals surface area contributed by atoms with Crippen molar-refractivity contribution in [1.82, 2.24) is 19.4 Å². The molecule has 3 heterocycles. The highest BCUT2D eigenvalue weighted by Crippen LogP contribution is 2.35. The summed E-state index contributed by atoms with van der Waals surface area (Å²) in [6, 6.07) is 15.9. The first-order valence-corrected chi connectivity index (χ1v) is 12.5. The van der Waals surface area contributed by atoms with Crippen LogP contribution < -0.4 is 15.0 Å². The van der Waals surface area contributed by atoms with E-state index in [4.69, 9.17) is 9.72 Å². The summed E-state index contributed by atoms with van der Waals surface area (Å²) in [5, 5.41) is 4.08. The molecule has 0 radical (unpaired) electrons. The molecule has 0 saturated carbocycles. The second-order valence-corrected chi connectivity index (χ2v) is 9.12. The van der Waals surface area contributed by atoms with Gasteiger partial charge < -0.3 is 24.4 Å². The van der Waals surface area contributed by atoms with Gasteiger partial charge in [0.05, 0.1) is 24.0 Å². The number of anilines is 2. The second kappa shape index (κ2) is 10.8. The molecule has 2 aromatic heterocycles. The average Bonchev–Trinajstić information content (AvgIpc) is 3.38. The van der Waals surface area contributed by atoms with Gasteiger partial charge in [-0.15, -0.1) is 0 Å². The van der Waals surface area contributed by atoms with Crippen LogP contribution in [0.4, 0.5) is 11.4 Å². The maximum atomic E-state index is 12.3. The lowest BCUT2D eigenvalue weighted by Gasteiger charge is -2.36. The summed E-state index contributed by atoms with van der Waals surface area (Å²) in [7, 11) is 1.63. The van der Waals surface area contributed by atoms with Crippen LogP contribution in [-0.2, 0) is 16.0 Å². The third-order valence-electron chi connectivity index (χ3n) is 6.79. The highest BCUT2D eigenvalue weighted by molar-refractivity contribution is 6.01. The number of hydrogen-bond acceptors (Lipinski definition) is 6. The molecule has 0 unspecified atom stereocenters. The van der Waals surface area contributed by atoms with Gasteiger partial charge in [0, 0.05) is 63.5 Å². The molecule has 4 aromatic rings. The molecule has 2 amide bonds. The first-order chi connectivity index (χ1) is 18.5. The predicted molar refractivity (Wildman–Crippen MR) is 148 cm³/mol. The molecule has 0 spiro atoms. The van der Waals surface area contributed by atoms with Crippen LogP contribution in [0.5, 0.6) is 5.75 Å². The molecule has 1 saturated heterocycles. The van der Waals surface area contributed by atoms with Gasteiger partial charge in [-0.2, -0.15) is 0 Å². The summed E-state index contributed by atoms with van der Waals surface area (Å²) in [5.41, 5.74) is 3.39. The molecule has 38 heavy (non-hydrogen) atoms. The fourth-order valence-electron chi connectivity index (χ4n) is 4.81. The van der Waals surface area contributed by atoms with E-state index in [2.05, 4.69) is 40.0 Å². The number of fused-ring (bicyclic) bond motifs is 1. The van der Waals surface area contributed by atoms with Crippen LogP contribution >= 0.6 is 0 Å². The largest absolute Gasteiger partial charge is 0.496 e. The normalized spacial score (nSPS) is 13.4. The average molecular weight is 511 g/mol. The Morgan fingerprint density at radius 2 is 1.89 bits per heavy atom. The van der Waals surface area contributed by atoms with Gasteiger partial charge in [0.2, 0.25) is 11.8 Å². The van der Waals surface area contributed by atoms with E-state index in [1.54, 1.807) is 20.2 Å². The Kier molecular flexibility index (Phi) is 7.08. The number of ether oxygens (including phenoxy) is 1. The molecule has 2 aromatic carbocycles. The Morgan fingerprint density at radius 1 is 1.11 bits per heavy atom. The van der Waals surface area contributed by atoms with Crippen LogP contribution in [-0.4, -0.2) is 64.5 Å². The van der Waals surface area contributed by atoms with Crippen molar-refractivity contribution >= 4 is 34.1 Å². The topological polar surface area (TPSA) is 92.6 Å². The molecule has 1 fully saturated rings. The van der Waals surface area contributed by atoms with Crippen molar-refractivity contribution in [2.45, 2.75) is 13.3 Å². The molecule has 1 N–H and O–H groups in total. The zero-order chi connectivity index (χ0) is 26.6. The number of methoxy groups -OCH3 is 1. The summed E-state index contributed by atoms with van der Waals surface area (Å²) in [4.78, 5) is 37.4. The first kappa shape index (κ1) is 25.0. The molecule has 0 atom stereocenters. The quantitative estimate of drug-likeness (QED) is 0.380. The predicted octanol–water partition coefficient (Wildman–Crippen LogP) is 3.81. The third kappa shape index (κ3) is 5.08. The Hall–Kier alpha value is -4.66. The molecule has 0 bridgehead atoms. The van der Waals surface area contributed by atoms with Gasteiger partial charge in [-0.25, -0.2) is 9.97 Å². The number of hydrogen-bond donors (Lipinski definition) is 1. The van der Waals surface area contributed by atoms with E-state index in [0.717, 1.165) is 28.0 Å². The van der Waals surface area contributed by atoms with Crippen molar-refractivity contribution < 1.29 is 14.3 Å². The number of nitrogens with one attached hydrogen (secondary N) is 1. The molecule has 9 nitrogen and oxygen atoms in total. The second-order valence-electron chi connectivity index (χ2n) is 9.12. The van der Waals surface area contributed by atoms with Crippen LogP contribution in [0.2, 0.25) is 0 Å². The van der Waals surface area contributed by atoms with Crippen molar-refractivity contribution in [3.8, 4) is 11.6 Å². The van der Waals surface area contributed by atoms with Gasteiger partial charge in [-0.1, -0.05) is 24.8 Å². The number of amides is 2. The van der Waals surface area contributed by atoms with Gasteiger partial charge in [-0.3, -0.25) is 9.59 Å². The van der Waals surface area contributed by atoms with Gasteiger partial charge in [0.15, 0.2) is 0 Å². The van der Waals surface area contributed by atoms with E-state index in [9.17, 15) is 9.59 Å². The van der Waals surface area contributed by atoms with E-state index in [-0.39, 0.29) is 11.8 Å². The number of piperazine rings is 1. The van der Waals surface area contributed by atoms with Gasteiger partial charge in [0.25, 0.3) is 0 Å². The molecule has 0 aliphatic carbocycles. The van der Waals surface area contributed by atoms with Crippen molar-refractivity contribution in [2.75, 3.05) is 43.5 Å². The third-order valence-corrected chi connectivity index (χ3v) is 6.79. The highest BCUT2D eigenvalue weighted by Gasteiger charge is 2.23. The number of carbonyl (C=O) groups excluding carboxylic acids is 2. The molecule has 194 valence electrons. The van der Waals surface area contributed by atoms with Crippen LogP contribution in [0.3, 0.4) is 0 Å². The van der Waals surface area contributed by atoms with Crippen molar-refractivity contribution in [3.05, 3.63) is 85.0 Å². The molecule has 1 aliphatic heterocycles. The number of carbonyl (C=O) groups is 2. The number of para-hydroxylation sites is 1. The Labute approximate surface area is 221 Å². The van der Waals surface area contributed by atoms with E-state index >= 15 is 0 Å². The van der Waals surface area contributed by atoms with E-state index in [0.29, 0.717) is 49.9 Å². The molecule has 9 heteroatoms. The van der Waals surface area contributed by atoms with E-state index in [1.807, 2.05) is 46.0 Å². The van der Waals surface area contributed by atoms with Crippen molar-refractivity contribution in [1.29, 1.82) is 0 Å². The summed E-state index contributed by atoms with van der Waals surface area (Å²) < 4.78 is 7.81. The minimum absolute atomic E-state index is 0.0629. The highest BCUT2D eigenvalue weighted by atomic mass is 16.5. The number of rotatable bonds is 7. The summed E-state index contributed by atoms with van der Waals surface area (Å²) in [6.07, 6.45) is 5.41. The zero-order valence-electron chi connectivity index (χ0n) is 21.6. The van der Waals surface area contributed by atoms with Crippen LogP contribution in [0.1, 0.15) is 18.3 Å². The fourth-order valence-corrected chi connectivity index (χ4v) is 4.81. The lowest BCUT2D eigenvalue weighted by molar-refractivity contribution is -0.129. The zero-order valence-corrected chi connectivity index (χ0v) is 21.6. The lowest BCUT2D eigenvalue weighted by Crippen LogP contribution is -2.48. The van der Waals surface area contributed by atoms with Crippen LogP contribution in [0, 0.1) is 0 Å². The SMILES string of the molecule is C=CC(=O)Nc1cc(Cc2nccc(-n3ccc4ccccc43)n2)c(OC)cc1N1CCN(C(C)=O)CC1. The molecular weight excluding hydrogens is 480 g/mol. The molecule has 5 rings (SSSR count). The van der Waals surface area contributed by atoms with Crippen molar-refractivity contribution in [3.63, 3.8) is 0 Å². The fraction of sp³-hybridized carbons (Fsp3) is 0.241. The lowest BCUT2D eigenvalue weighted by atomic mass is 10.1. The Bertz CT molecular complexity index is 1500. The maximum Gasteiger partial charge on any atom is 0.247 e. The van der Waals surface area contributed by atoms with Gasteiger partial charge in [0.1, 0.15) is 17.4 Å². The van der Waals surface area contributed by atoms with E-state index in [1.165, 1.54) is 6.08 Å². The smallest absolute Gasteiger partial charge is 0.247 e. The minimum atomic E-state index is -0.303. The number of nitrogens with zero attached hydrogens (tertiary/aromatic N) is 5. The Balaban J connectivity index is 1.47. The summed E-state index contributed by atoms with van der Waals surface area (Å²) in [6.45, 7) is 7.70. The Morgan fingerprint density at radius 3 is 2.63 bits per heavy atom. The first-order valence-electron chi connectivity index (χ1n) is 12.5. The molecular formula is C29H30N6O3. The van der Waals surface area contributed by atoms with E-state index < -0.39 is 0 Å². The monoisotopic (exact) mass is 510 g/mol. The summed E-state index contributed by atoms with van der Waals surface area (Å²) in [5.74, 6) is 1.83. The van der Waals surface area contributed by atoms with Gasteiger partial charge >= 0.3 is 0 Å². The number of aromatic nitrogens is 3. The summed E-state index contributed by atoms with van der Waals surface area (Å²) >= 11 is 0. The minimum Gasteiger partial charge on any atom is -0.496 e. The molecule has 1 aliphatic rings. The van der Waals surface area contributed by atoms with Crippen molar-refractivity contribution in [2.24, 2.45) is 0 Å². The van der Waals surface area contributed by atoms with Gasteiger partial charge in [-0.05, 0) is 35.7 Å². The number of benzene rings is 2. The van der Waals surface area contributed by atoms with Crippen LogP contribution in [0.25, 0.3) is 16.7 Å². The standard InChI is InChI=1S/C29H30N6O3/c1-4-29(37)31-23-17-22(26(38-3)19-25(23)34-15-13-33(14-16-34)20(2)36)18-27-30-11-9-28(32-27)35-12-10-21-7-5-6-8-24(21)35/h4-12,17,19H,1,13-16,18H2,2-3H3,(H,31,37). The van der Waals surface area contributed by atoms with Crippen LogP contribution in [0.15, 0.2) is 73.6 Å². The maximum absolute atomic E-state index is 12.3.